The Morgan fingerprint density at radius 2 is 1.52 bits per heavy atom. The first-order valence-electron chi connectivity index (χ1n) is 10.4. The van der Waals surface area contributed by atoms with Gasteiger partial charge in [-0.05, 0) is 80.2 Å². The summed E-state index contributed by atoms with van der Waals surface area (Å²) >= 11 is 6.88. The second-order valence-corrected chi connectivity index (χ2v) is 9.04. The molecule has 6 nitrogen and oxygen atoms in total. The van der Waals surface area contributed by atoms with E-state index in [1.165, 1.54) is 29.5 Å². The van der Waals surface area contributed by atoms with Crippen molar-refractivity contribution in [1.29, 1.82) is 0 Å². The number of hydrogen-bond acceptors (Lipinski definition) is 4. The van der Waals surface area contributed by atoms with Crippen molar-refractivity contribution in [2.75, 3.05) is 16.0 Å². The Bertz CT molecular complexity index is 1130. The highest BCUT2D eigenvalue weighted by atomic mass is 32.2. The van der Waals surface area contributed by atoms with Crippen molar-refractivity contribution in [2.45, 2.75) is 30.4 Å². The number of aromatic carboxylic acids is 1. The van der Waals surface area contributed by atoms with Crippen molar-refractivity contribution in [3.05, 3.63) is 83.9 Å². The first-order chi connectivity index (χ1) is 15.8. The van der Waals surface area contributed by atoms with Gasteiger partial charge in [0.05, 0.1) is 10.8 Å². The summed E-state index contributed by atoms with van der Waals surface area (Å²) in [6.45, 7) is 3.98. The molecule has 0 saturated carbocycles. The van der Waals surface area contributed by atoms with Gasteiger partial charge in [-0.3, -0.25) is 4.79 Å². The lowest BCUT2D eigenvalue weighted by Crippen LogP contribution is -2.24. The van der Waals surface area contributed by atoms with Crippen LogP contribution in [-0.2, 0) is 4.79 Å². The summed E-state index contributed by atoms with van der Waals surface area (Å²) in [5.41, 5.74) is 3.64. The van der Waals surface area contributed by atoms with Crippen LogP contribution in [0.4, 0.5) is 17.1 Å². The first kappa shape index (κ1) is 24.3. The third kappa shape index (κ3) is 7.34. The second-order valence-electron chi connectivity index (χ2n) is 7.36. The number of aryl methyl sites for hydroxylation is 1. The van der Waals surface area contributed by atoms with Crippen molar-refractivity contribution < 1.29 is 14.7 Å². The summed E-state index contributed by atoms with van der Waals surface area (Å²) in [4.78, 5) is 24.7. The van der Waals surface area contributed by atoms with Gasteiger partial charge in [0.2, 0.25) is 5.91 Å². The molecule has 8 heteroatoms. The van der Waals surface area contributed by atoms with E-state index in [0.29, 0.717) is 17.2 Å². The van der Waals surface area contributed by atoms with Gasteiger partial charge >= 0.3 is 5.97 Å². The normalized spacial score (nSPS) is 11.3. The van der Waals surface area contributed by atoms with Crippen LogP contribution in [0.3, 0.4) is 0 Å². The van der Waals surface area contributed by atoms with E-state index >= 15 is 0 Å². The zero-order chi connectivity index (χ0) is 23.8. The maximum atomic E-state index is 12.8. The van der Waals surface area contributed by atoms with E-state index in [9.17, 15) is 9.59 Å². The zero-order valence-electron chi connectivity index (χ0n) is 18.3. The summed E-state index contributed by atoms with van der Waals surface area (Å²) < 4.78 is 0. The van der Waals surface area contributed by atoms with E-state index < -0.39 is 5.97 Å². The molecular formula is C25H25N3O3S2. The molecule has 1 atom stereocenters. The Hall–Kier alpha value is -3.36. The van der Waals surface area contributed by atoms with Crippen LogP contribution >= 0.6 is 24.0 Å². The van der Waals surface area contributed by atoms with Crippen molar-refractivity contribution in [3.8, 4) is 0 Å². The minimum Gasteiger partial charge on any atom is -0.478 e. The molecule has 4 N–H and O–H groups in total. The molecule has 33 heavy (non-hydrogen) atoms. The molecule has 170 valence electrons. The fourth-order valence-electron chi connectivity index (χ4n) is 2.98. The van der Waals surface area contributed by atoms with Crippen molar-refractivity contribution >= 4 is 58.0 Å². The molecule has 0 spiro atoms. The molecule has 0 fully saturated rings. The molecule has 3 rings (SSSR count). The fourth-order valence-corrected chi connectivity index (χ4v) is 4.23. The lowest BCUT2D eigenvalue weighted by atomic mass is 10.2. The van der Waals surface area contributed by atoms with Crippen LogP contribution in [0.1, 0.15) is 29.3 Å². The van der Waals surface area contributed by atoms with Crippen molar-refractivity contribution in [3.63, 3.8) is 0 Å². The number of benzene rings is 3. The number of nitrogens with one attached hydrogen (secondary N) is 3. The predicted molar refractivity (Wildman–Crippen MR) is 139 cm³/mol. The summed E-state index contributed by atoms with van der Waals surface area (Å²) in [7, 11) is 0. The van der Waals surface area contributed by atoms with Gasteiger partial charge in [-0.15, -0.1) is 11.8 Å². The highest BCUT2D eigenvalue weighted by Crippen LogP contribution is 2.28. The van der Waals surface area contributed by atoms with Gasteiger partial charge in [-0.2, -0.15) is 0 Å². The summed E-state index contributed by atoms with van der Waals surface area (Å²) in [5.74, 6) is -1.14. The predicted octanol–water partition coefficient (Wildman–Crippen LogP) is 6.01. The van der Waals surface area contributed by atoms with E-state index in [2.05, 4.69) is 16.0 Å². The van der Waals surface area contributed by atoms with E-state index in [1.54, 1.807) is 12.1 Å². The van der Waals surface area contributed by atoms with Crippen LogP contribution in [0.15, 0.2) is 77.7 Å². The standard InChI is InChI=1S/C25H25N3O3S2/c1-3-22(23(29)26-18-13-9-17(10-14-18)24(30)31)33-21-6-4-5-20(15-21)28-25(32)27-19-11-7-16(2)8-12-19/h4-15,22H,3H2,1-2H3,(H,26,29)(H,30,31)(H2,27,28,32). The number of carboxylic acid groups (broad SMARTS) is 1. The molecule has 0 saturated heterocycles. The van der Waals surface area contributed by atoms with Crippen molar-refractivity contribution in [2.24, 2.45) is 0 Å². The highest BCUT2D eigenvalue weighted by molar-refractivity contribution is 8.00. The number of carbonyl (C=O) groups is 2. The lowest BCUT2D eigenvalue weighted by Gasteiger charge is -2.16. The van der Waals surface area contributed by atoms with E-state index in [4.69, 9.17) is 17.3 Å². The van der Waals surface area contributed by atoms with Gasteiger partial charge in [0, 0.05) is 22.0 Å². The highest BCUT2D eigenvalue weighted by Gasteiger charge is 2.18. The SMILES string of the molecule is CCC(Sc1cccc(NC(=S)Nc2ccc(C)cc2)c1)C(=O)Nc1ccc(C(=O)O)cc1. The molecule has 0 aliphatic rings. The van der Waals surface area contributed by atoms with Crippen LogP contribution in [0.25, 0.3) is 0 Å². The van der Waals surface area contributed by atoms with Crippen molar-refractivity contribution in [1.82, 2.24) is 0 Å². The minimum atomic E-state index is -1.00. The molecule has 0 aliphatic heterocycles. The Morgan fingerprint density at radius 1 is 0.909 bits per heavy atom. The van der Waals surface area contributed by atoms with Gasteiger partial charge in [0.15, 0.2) is 5.11 Å². The van der Waals surface area contributed by atoms with E-state index in [1.807, 2.05) is 62.4 Å². The number of rotatable bonds is 8. The van der Waals surface area contributed by atoms with E-state index in [-0.39, 0.29) is 16.7 Å². The number of amides is 1. The third-order valence-electron chi connectivity index (χ3n) is 4.74. The molecule has 1 amide bonds. The minimum absolute atomic E-state index is 0.138. The molecule has 1 unspecified atom stereocenters. The topological polar surface area (TPSA) is 90.5 Å². The summed E-state index contributed by atoms with van der Waals surface area (Å²) in [5, 5.41) is 18.4. The smallest absolute Gasteiger partial charge is 0.335 e. The zero-order valence-corrected chi connectivity index (χ0v) is 19.9. The molecule has 3 aromatic carbocycles. The Labute approximate surface area is 202 Å². The molecule has 0 aromatic heterocycles. The number of hydrogen-bond donors (Lipinski definition) is 4. The monoisotopic (exact) mass is 479 g/mol. The van der Waals surface area contributed by atoms with Gasteiger partial charge in [-0.25, -0.2) is 4.79 Å². The van der Waals surface area contributed by atoms with E-state index in [0.717, 1.165) is 16.3 Å². The molecule has 0 aliphatic carbocycles. The van der Waals surface area contributed by atoms with Crippen LogP contribution in [0.2, 0.25) is 0 Å². The van der Waals surface area contributed by atoms with Crippen LogP contribution in [0, 0.1) is 6.92 Å². The average Bonchev–Trinajstić information content (AvgIpc) is 2.79. The number of carboxylic acids is 1. The van der Waals surface area contributed by atoms with Gasteiger partial charge in [-0.1, -0.05) is 30.7 Å². The molecule has 0 radical (unpaired) electrons. The Balaban J connectivity index is 1.59. The van der Waals surface area contributed by atoms with Gasteiger partial charge < -0.3 is 21.1 Å². The number of thioether (sulfide) groups is 1. The Morgan fingerprint density at radius 3 is 2.15 bits per heavy atom. The summed E-state index contributed by atoms with van der Waals surface area (Å²) in [6.07, 6.45) is 0.634. The number of thiocarbonyl (C=S) groups is 1. The Kier molecular flexibility index (Phi) is 8.46. The third-order valence-corrected chi connectivity index (χ3v) is 6.30. The average molecular weight is 480 g/mol. The maximum Gasteiger partial charge on any atom is 0.335 e. The fraction of sp³-hybridized carbons (Fsp3) is 0.160. The molecule has 0 bridgehead atoms. The molecule has 3 aromatic rings. The van der Waals surface area contributed by atoms with Crippen LogP contribution in [-0.4, -0.2) is 27.3 Å². The lowest BCUT2D eigenvalue weighted by molar-refractivity contribution is -0.115. The van der Waals surface area contributed by atoms with Gasteiger partial charge in [0.25, 0.3) is 0 Å². The second kappa shape index (κ2) is 11.5. The largest absolute Gasteiger partial charge is 0.478 e. The van der Waals surface area contributed by atoms with Crippen LogP contribution in [0.5, 0.6) is 0 Å². The van der Waals surface area contributed by atoms with Crippen LogP contribution < -0.4 is 16.0 Å². The number of carbonyl (C=O) groups excluding carboxylic acids is 1. The number of anilines is 3. The molecule has 0 heterocycles. The summed E-state index contributed by atoms with van der Waals surface area (Å²) in [6, 6.07) is 21.8. The van der Waals surface area contributed by atoms with Gasteiger partial charge in [0.1, 0.15) is 0 Å². The maximum absolute atomic E-state index is 12.8. The quantitative estimate of drug-likeness (QED) is 0.232. The first-order valence-corrected chi connectivity index (χ1v) is 11.7. The molecular weight excluding hydrogens is 454 g/mol.